The van der Waals surface area contributed by atoms with Crippen molar-refractivity contribution in [3.05, 3.63) is 29.8 Å². The molecule has 4 nitrogen and oxygen atoms in total. The molecule has 0 N–H and O–H groups in total. The Labute approximate surface area is 233 Å². The van der Waals surface area contributed by atoms with Crippen molar-refractivity contribution in [2.24, 2.45) is 0 Å². The minimum atomic E-state index is -4.27. The normalized spacial score (nSPS) is 11.8. The Morgan fingerprint density at radius 2 is 1.03 bits per heavy atom. The number of hydrogen-bond acceptors (Lipinski definition) is 3. The maximum absolute atomic E-state index is 10.4. The summed E-state index contributed by atoms with van der Waals surface area (Å²) in [4.78, 5) is -0.178. The maximum Gasteiger partial charge on any atom is 0.124 e. The molecule has 1 rings (SSSR count). The molecule has 0 amide bonds. The highest BCUT2D eigenvalue weighted by atomic mass is 79.9. The molecule has 0 atom stereocenters. The monoisotopic (exact) mass is 589 g/mol. The molecule has 0 aromatic heterocycles. The van der Waals surface area contributed by atoms with E-state index in [2.05, 4.69) is 36.8 Å². The van der Waals surface area contributed by atoms with Gasteiger partial charge in [0.1, 0.15) is 10.1 Å². The molecule has 0 unspecified atom stereocenters. The van der Waals surface area contributed by atoms with Crippen LogP contribution < -0.4 is 0 Å². The van der Waals surface area contributed by atoms with E-state index in [0.717, 1.165) is 10.9 Å². The van der Waals surface area contributed by atoms with E-state index in [1.807, 2.05) is 6.92 Å². The van der Waals surface area contributed by atoms with Gasteiger partial charge in [-0.2, -0.15) is 0 Å². The molecule has 0 fully saturated rings. The summed E-state index contributed by atoms with van der Waals surface area (Å²) in [6, 6.07) is 5.78. The van der Waals surface area contributed by atoms with E-state index in [1.165, 1.54) is 139 Å². The Bertz CT molecular complexity index is 702. The molecule has 0 spiro atoms. The molecule has 0 aliphatic heterocycles. The summed E-state index contributed by atoms with van der Waals surface area (Å²) >= 11 is 3.69. The fourth-order valence-electron chi connectivity index (χ4n) is 4.50. The average molecular weight is 591 g/mol. The van der Waals surface area contributed by atoms with Crippen LogP contribution in [0.1, 0.15) is 122 Å². The second-order valence-corrected chi connectivity index (χ2v) is 12.9. The van der Waals surface area contributed by atoms with Crippen molar-refractivity contribution in [1.82, 2.24) is 0 Å². The fourth-order valence-corrected chi connectivity index (χ4v) is 5.82. The smallest absolute Gasteiger partial charge is 0.124 e. The molecule has 0 aliphatic carbocycles. The maximum atomic E-state index is 10.4. The number of nitrogens with zero attached hydrogens (tertiary/aromatic N) is 1. The minimum absolute atomic E-state index is 0.178. The molecular weight excluding hydrogens is 534 g/mol. The van der Waals surface area contributed by atoms with E-state index >= 15 is 0 Å². The first-order valence-corrected chi connectivity index (χ1v) is 17.1. The van der Waals surface area contributed by atoms with Gasteiger partial charge in [-0.05, 0) is 44.7 Å². The predicted octanol–water partition coefficient (Wildman–Crippen LogP) is 9.01. The zero-order valence-electron chi connectivity index (χ0n) is 23.9. The Hall–Kier alpha value is -0.430. The molecule has 212 valence electrons. The first kappa shape index (κ1) is 35.6. The minimum Gasteiger partial charge on any atom is -0.744 e. The summed E-state index contributed by atoms with van der Waals surface area (Å²) in [5.74, 6) is 0. The van der Waals surface area contributed by atoms with Crippen molar-refractivity contribution in [3.63, 3.8) is 0 Å². The van der Waals surface area contributed by atoms with Gasteiger partial charge >= 0.3 is 0 Å². The van der Waals surface area contributed by atoms with Crippen LogP contribution in [0.25, 0.3) is 0 Å². The lowest BCUT2D eigenvalue weighted by Crippen LogP contribution is -2.46. The third-order valence-electron chi connectivity index (χ3n) is 7.04. The van der Waals surface area contributed by atoms with Gasteiger partial charge in [0, 0.05) is 0 Å². The van der Waals surface area contributed by atoms with Crippen LogP contribution in [0.3, 0.4) is 0 Å². The zero-order chi connectivity index (χ0) is 27.1. The number of benzene rings is 1. The van der Waals surface area contributed by atoms with Gasteiger partial charge in [-0.3, -0.25) is 0 Å². The van der Waals surface area contributed by atoms with Gasteiger partial charge in [0.05, 0.1) is 36.9 Å². The Kier molecular flexibility index (Phi) is 22.3. The number of aryl methyl sites for hydroxylation is 1. The Morgan fingerprint density at radius 1 is 0.667 bits per heavy atom. The van der Waals surface area contributed by atoms with Crippen LogP contribution in [-0.2, 0) is 10.1 Å². The van der Waals surface area contributed by atoms with Crippen molar-refractivity contribution in [2.75, 3.05) is 32.0 Å². The van der Waals surface area contributed by atoms with Crippen molar-refractivity contribution in [3.8, 4) is 0 Å². The molecule has 0 bridgehead atoms. The quantitative estimate of drug-likeness (QED) is 0.0621. The first-order chi connectivity index (χ1) is 17.2. The summed E-state index contributed by atoms with van der Waals surface area (Å²) in [5, 5.41) is 1.15. The summed E-state index contributed by atoms with van der Waals surface area (Å²) in [6.07, 6.45) is 23.0. The van der Waals surface area contributed by atoms with Crippen LogP contribution in [0, 0.1) is 6.92 Å². The number of alkyl halides is 1. The number of hydrogen-bond donors (Lipinski definition) is 0. The summed E-state index contributed by atoms with van der Waals surface area (Å²) in [6.45, 7) is 10.5. The summed E-state index contributed by atoms with van der Waals surface area (Å²) in [5.41, 5.74) is 0.928. The van der Waals surface area contributed by atoms with Crippen LogP contribution in [-0.4, -0.2) is 49.5 Å². The third-order valence-corrected chi connectivity index (χ3v) is 8.24. The van der Waals surface area contributed by atoms with Crippen LogP contribution in [0.15, 0.2) is 29.2 Å². The van der Waals surface area contributed by atoms with Gasteiger partial charge in [-0.15, -0.1) is 0 Å². The SMILES string of the molecule is CCCCCCCCCC[N+](C)(CCBr)CCCCCCCCCC.Cc1ccc(S(=O)(=O)[O-])cc1. The summed E-state index contributed by atoms with van der Waals surface area (Å²) < 4.78 is 32.5. The highest BCUT2D eigenvalue weighted by Crippen LogP contribution is 2.15. The lowest BCUT2D eigenvalue weighted by atomic mass is 10.1. The number of quaternary nitrogens is 1. The Balaban J connectivity index is 0.000000918. The Morgan fingerprint density at radius 3 is 1.36 bits per heavy atom. The highest BCUT2D eigenvalue weighted by Gasteiger charge is 2.19. The molecule has 36 heavy (non-hydrogen) atoms. The molecule has 6 heteroatoms. The molecule has 0 saturated carbocycles. The largest absolute Gasteiger partial charge is 0.744 e. The molecule has 1 aromatic carbocycles. The third kappa shape index (κ3) is 20.6. The number of unbranched alkanes of at least 4 members (excludes halogenated alkanes) is 14. The molecule has 0 saturated heterocycles. The molecular formula is C30H56BrNO3S. The molecule has 0 aliphatic rings. The van der Waals surface area contributed by atoms with Crippen LogP contribution in [0.5, 0.6) is 0 Å². The van der Waals surface area contributed by atoms with Gasteiger partial charge in [0.25, 0.3) is 0 Å². The standard InChI is InChI=1S/C23H49BrN.C7H8O3S/c1-4-6-8-10-12-14-16-18-21-25(3,23-20-24)22-19-17-15-13-11-9-7-5-2;1-6-2-4-7(5-3-6)11(8,9)10/h4-23H2,1-3H3;2-5H,1H3,(H,8,9,10)/q+1;/p-1. The summed E-state index contributed by atoms with van der Waals surface area (Å²) in [7, 11) is -1.78. The van der Waals surface area contributed by atoms with Crippen LogP contribution >= 0.6 is 15.9 Å². The zero-order valence-corrected chi connectivity index (χ0v) is 26.3. The second kappa shape index (κ2) is 22.5. The fraction of sp³-hybridized carbons (Fsp3) is 0.800. The van der Waals surface area contributed by atoms with Gasteiger partial charge in [-0.1, -0.05) is 125 Å². The second-order valence-electron chi connectivity index (χ2n) is 10.7. The molecule has 0 radical (unpaired) electrons. The van der Waals surface area contributed by atoms with Crippen molar-refractivity contribution >= 4 is 26.0 Å². The van der Waals surface area contributed by atoms with E-state index in [0.29, 0.717) is 0 Å². The van der Waals surface area contributed by atoms with Gasteiger partial charge in [-0.25, -0.2) is 8.42 Å². The average Bonchev–Trinajstić information content (AvgIpc) is 2.83. The van der Waals surface area contributed by atoms with E-state index in [9.17, 15) is 13.0 Å². The van der Waals surface area contributed by atoms with Crippen molar-refractivity contribution in [1.29, 1.82) is 0 Å². The van der Waals surface area contributed by atoms with Crippen molar-refractivity contribution in [2.45, 2.75) is 128 Å². The first-order valence-electron chi connectivity index (χ1n) is 14.6. The topological polar surface area (TPSA) is 57.2 Å². The van der Waals surface area contributed by atoms with E-state index in [4.69, 9.17) is 0 Å². The van der Waals surface area contributed by atoms with Gasteiger partial charge < -0.3 is 9.04 Å². The van der Waals surface area contributed by atoms with E-state index in [1.54, 1.807) is 12.1 Å². The molecule has 1 aromatic rings. The number of rotatable bonds is 21. The van der Waals surface area contributed by atoms with Gasteiger partial charge in [0.2, 0.25) is 0 Å². The van der Waals surface area contributed by atoms with Crippen molar-refractivity contribution < 1.29 is 17.5 Å². The molecule has 0 heterocycles. The highest BCUT2D eigenvalue weighted by molar-refractivity contribution is 9.09. The lowest BCUT2D eigenvalue weighted by molar-refractivity contribution is -0.907. The van der Waals surface area contributed by atoms with E-state index in [-0.39, 0.29) is 4.90 Å². The van der Waals surface area contributed by atoms with Crippen LogP contribution in [0.2, 0.25) is 0 Å². The van der Waals surface area contributed by atoms with Gasteiger partial charge in [0.15, 0.2) is 0 Å². The number of halogens is 1. The van der Waals surface area contributed by atoms with E-state index < -0.39 is 10.1 Å². The predicted molar refractivity (Wildman–Crippen MR) is 159 cm³/mol. The van der Waals surface area contributed by atoms with Crippen LogP contribution in [0.4, 0.5) is 0 Å². The lowest BCUT2D eigenvalue weighted by Gasteiger charge is -2.34.